The SMILES string of the molecule is CCN(CC1CCCC1)c1ncc(C#N)cc1CN(Cc1cc(C(F)(F)F)cc(C(F)(F)F)c1)C(N)=NN=NC. The van der Waals surface area contributed by atoms with Gasteiger partial charge >= 0.3 is 12.4 Å². The van der Waals surface area contributed by atoms with Crippen molar-refractivity contribution < 1.29 is 26.3 Å². The summed E-state index contributed by atoms with van der Waals surface area (Å²) < 4.78 is 80.9. The van der Waals surface area contributed by atoms with Crippen LogP contribution in [0.25, 0.3) is 0 Å². The molecule has 1 fully saturated rings. The maximum atomic E-state index is 13.5. The summed E-state index contributed by atoms with van der Waals surface area (Å²) in [6.45, 7) is 2.68. The molecule has 1 aromatic heterocycles. The Bertz CT molecular complexity index is 1230. The van der Waals surface area contributed by atoms with E-state index >= 15 is 0 Å². The maximum absolute atomic E-state index is 13.5. The fourth-order valence-corrected chi connectivity index (χ4v) is 4.74. The first-order valence-corrected chi connectivity index (χ1v) is 12.6. The minimum absolute atomic E-state index is 0.0666. The molecular formula is C26H30F6N8. The molecule has 8 nitrogen and oxygen atoms in total. The first-order chi connectivity index (χ1) is 18.8. The van der Waals surface area contributed by atoms with E-state index in [-0.39, 0.29) is 29.7 Å². The first-order valence-electron chi connectivity index (χ1n) is 12.6. The first kappa shape index (κ1) is 30.6. The molecule has 1 aliphatic carbocycles. The maximum Gasteiger partial charge on any atom is 0.416 e. The molecule has 0 aliphatic heterocycles. The molecule has 0 spiro atoms. The monoisotopic (exact) mass is 568 g/mol. The van der Waals surface area contributed by atoms with Gasteiger partial charge in [0.25, 0.3) is 0 Å². The molecule has 2 aromatic rings. The average Bonchev–Trinajstić information content (AvgIpc) is 3.42. The van der Waals surface area contributed by atoms with Crippen LogP contribution in [0.5, 0.6) is 0 Å². The zero-order valence-electron chi connectivity index (χ0n) is 22.1. The number of pyridine rings is 1. The van der Waals surface area contributed by atoms with E-state index in [1.165, 1.54) is 18.1 Å². The molecule has 1 heterocycles. The summed E-state index contributed by atoms with van der Waals surface area (Å²) in [5.74, 6) is 0.718. The largest absolute Gasteiger partial charge is 0.416 e. The summed E-state index contributed by atoms with van der Waals surface area (Å²) in [7, 11) is 1.32. The summed E-state index contributed by atoms with van der Waals surface area (Å²) >= 11 is 0. The van der Waals surface area contributed by atoms with Gasteiger partial charge < -0.3 is 15.5 Å². The highest BCUT2D eigenvalue weighted by Gasteiger charge is 2.37. The zero-order chi connectivity index (χ0) is 29.5. The molecule has 0 atom stereocenters. The molecule has 0 saturated heterocycles. The number of alkyl halides is 6. The second-order valence-electron chi connectivity index (χ2n) is 9.53. The minimum Gasteiger partial charge on any atom is -0.368 e. The number of guanidine groups is 1. The Morgan fingerprint density at radius 2 is 1.68 bits per heavy atom. The summed E-state index contributed by atoms with van der Waals surface area (Å²) in [6, 6.07) is 4.94. The summed E-state index contributed by atoms with van der Waals surface area (Å²) in [5.41, 5.74) is 3.65. The van der Waals surface area contributed by atoms with Gasteiger partial charge in [-0.3, -0.25) is 0 Å². The van der Waals surface area contributed by atoms with Crippen molar-refractivity contribution in [2.45, 2.75) is 58.0 Å². The number of hydrogen-bond donors (Lipinski definition) is 1. The van der Waals surface area contributed by atoms with Gasteiger partial charge in [0.2, 0.25) is 5.96 Å². The van der Waals surface area contributed by atoms with Crippen molar-refractivity contribution in [2.75, 3.05) is 25.0 Å². The molecule has 3 rings (SSSR count). The number of hydrogen-bond acceptors (Lipinski definition) is 5. The van der Waals surface area contributed by atoms with Crippen LogP contribution < -0.4 is 10.6 Å². The standard InChI is InChI=1S/C26H30F6N8/c1-3-39(14-17-6-4-5-7-17)23-20(8-19(12-33)13-36-23)16-40(24(34)37-38-35-2)15-18-9-21(25(27,28)29)11-22(10-18)26(30,31)32/h8-11,13,17H,3-7,14-16H2,1-2H3,(H2,34,35,37). The topological polar surface area (TPSA) is 106 Å². The summed E-state index contributed by atoms with van der Waals surface area (Å²) in [5, 5.41) is 20.2. The van der Waals surface area contributed by atoms with Crippen molar-refractivity contribution in [3.8, 4) is 6.07 Å². The molecule has 1 saturated carbocycles. The third-order valence-electron chi connectivity index (χ3n) is 6.65. The fourth-order valence-electron chi connectivity index (χ4n) is 4.74. The molecule has 40 heavy (non-hydrogen) atoms. The lowest BCUT2D eigenvalue weighted by molar-refractivity contribution is -0.143. The lowest BCUT2D eigenvalue weighted by Gasteiger charge is -2.30. The van der Waals surface area contributed by atoms with E-state index < -0.39 is 30.0 Å². The normalized spacial score (nSPS) is 15.0. The number of halogens is 6. The quantitative estimate of drug-likeness (QED) is 0.125. The number of anilines is 1. The van der Waals surface area contributed by atoms with Gasteiger partial charge in [-0.15, -0.1) is 0 Å². The Hall–Kier alpha value is -3.89. The average molecular weight is 569 g/mol. The molecule has 0 unspecified atom stereocenters. The van der Waals surface area contributed by atoms with Crippen molar-refractivity contribution in [2.24, 2.45) is 27.1 Å². The smallest absolute Gasteiger partial charge is 0.368 e. The predicted octanol–water partition coefficient (Wildman–Crippen LogP) is 6.32. The number of nitrogens with zero attached hydrogens (tertiary/aromatic N) is 7. The molecule has 14 heteroatoms. The molecule has 1 aromatic carbocycles. The van der Waals surface area contributed by atoms with Crippen molar-refractivity contribution >= 4 is 11.8 Å². The van der Waals surface area contributed by atoms with Crippen LogP contribution in [0.3, 0.4) is 0 Å². The second-order valence-corrected chi connectivity index (χ2v) is 9.53. The summed E-state index contributed by atoms with van der Waals surface area (Å²) in [4.78, 5) is 7.82. The Morgan fingerprint density at radius 3 is 2.20 bits per heavy atom. The lowest BCUT2D eigenvalue weighted by atomic mass is 10.0. The Morgan fingerprint density at radius 1 is 1.05 bits per heavy atom. The van der Waals surface area contributed by atoms with E-state index in [1.54, 1.807) is 6.07 Å². The molecule has 0 radical (unpaired) electrons. The van der Waals surface area contributed by atoms with Gasteiger partial charge in [-0.1, -0.05) is 17.9 Å². The van der Waals surface area contributed by atoms with Crippen LogP contribution in [0.1, 0.15) is 60.4 Å². The fraction of sp³-hybridized carbons (Fsp3) is 0.500. The molecule has 0 bridgehead atoms. The highest BCUT2D eigenvalue weighted by molar-refractivity contribution is 5.78. The van der Waals surface area contributed by atoms with Gasteiger partial charge in [-0.05, 0) is 60.7 Å². The van der Waals surface area contributed by atoms with Gasteiger partial charge in [-0.25, -0.2) is 4.98 Å². The number of rotatable bonds is 9. The Kier molecular flexibility index (Phi) is 9.94. The van der Waals surface area contributed by atoms with Gasteiger partial charge in [-0.2, -0.15) is 36.7 Å². The van der Waals surface area contributed by atoms with E-state index in [0.29, 0.717) is 36.0 Å². The predicted molar refractivity (Wildman–Crippen MR) is 137 cm³/mol. The number of nitrogens with two attached hydrogens (primary N) is 1. The number of aromatic nitrogens is 1. The van der Waals surface area contributed by atoms with E-state index in [9.17, 15) is 31.6 Å². The van der Waals surface area contributed by atoms with Crippen LogP contribution in [0.4, 0.5) is 32.2 Å². The van der Waals surface area contributed by atoms with Gasteiger partial charge in [0, 0.05) is 37.9 Å². The van der Waals surface area contributed by atoms with Crippen LogP contribution in [-0.4, -0.2) is 36.0 Å². The van der Waals surface area contributed by atoms with E-state index in [4.69, 9.17) is 5.73 Å². The van der Waals surface area contributed by atoms with Crippen molar-refractivity contribution in [1.82, 2.24) is 9.88 Å². The second kappa shape index (κ2) is 13.0. The number of nitriles is 1. The van der Waals surface area contributed by atoms with E-state index in [1.807, 2.05) is 13.0 Å². The third kappa shape index (κ3) is 8.06. The highest BCUT2D eigenvalue weighted by Crippen LogP contribution is 2.37. The molecular weight excluding hydrogens is 538 g/mol. The number of benzene rings is 1. The van der Waals surface area contributed by atoms with Crippen molar-refractivity contribution in [3.63, 3.8) is 0 Å². The van der Waals surface area contributed by atoms with Crippen LogP contribution >= 0.6 is 0 Å². The van der Waals surface area contributed by atoms with E-state index in [0.717, 1.165) is 32.2 Å². The van der Waals surface area contributed by atoms with Gasteiger partial charge in [0.05, 0.1) is 23.7 Å². The lowest BCUT2D eigenvalue weighted by Crippen LogP contribution is -2.37. The summed E-state index contributed by atoms with van der Waals surface area (Å²) in [6.07, 6.45) is -4.15. The Balaban J connectivity index is 2.06. The van der Waals surface area contributed by atoms with Crippen LogP contribution in [0.2, 0.25) is 0 Å². The van der Waals surface area contributed by atoms with Crippen LogP contribution in [0, 0.1) is 17.2 Å². The highest BCUT2D eigenvalue weighted by atomic mass is 19.4. The Labute approximate surface area is 228 Å². The molecule has 0 amide bonds. The van der Waals surface area contributed by atoms with Crippen LogP contribution in [0.15, 0.2) is 45.9 Å². The van der Waals surface area contributed by atoms with Crippen molar-refractivity contribution in [3.05, 3.63) is 58.3 Å². The van der Waals surface area contributed by atoms with Gasteiger partial charge in [0.15, 0.2) is 0 Å². The zero-order valence-corrected chi connectivity index (χ0v) is 22.1. The third-order valence-corrected chi connectivity index (χ3v) is 6.65. The molecule has 2 N–H and O–H groups in total. The molecule has 1 aliphatic rings. The van der Waals surface area contributed by atoms with Gasteiger partial charge in [0.1, 0.15) is 11.9 Å². The minimum atomic E-state index is -5.00. The van der Waals surface area contributed by atoms with E-state index in [2.05, 4.69) is 25.3 Å². The van der Waals surface area contributed by atoms with Crippen molar-refractivity contribution in [1.29, 1.82) is 5.26 Å². The van der Waals surface area contributed by atoms with Crippen LogP contribution in [-0.2, 0) is 25.4 Å². The molecule has 216 valence electrons.